The molecule has 0 fully saturated rings. The largest absolute Gasteiger partial charge is 0.322 e. The number of anilines is 1. The topological polar surface area (TPSA) is 67.2 Å². The normalized spacial score (nSPS) is 11.8. The van der Waals surface area contributed by atoms with Gasteiger partial charge in [-0.05, 0) is 92.3 Å². The Bertz CT molecular complexity index is 1740. The molecule has 6 heteroatoms. The van der Waals surface area contributed by atoms with E-state index in [9.17, 15) is 9.59 Å². The summed E-state index contributed by atoms with van der Waals surface area (Å²) in [7, 11) is 0. The summed E-state index contributed by atoms with van der Waals surface area (Å²) < 4.78 is 1.69. The van der Waals surface area contributed by atoms with E-state index in [2.05, 4.69) is 24.4 Å². The number of nitrogens with zero attached hydrogens (tertiary/aromatic N) is 3. The van der Waals surface area contributed by atoms with E-state index in [1.54, 1.807) is 4.57 Å². The lowest BCUT2D eigenvalue weighted by atomic mass is 10.1. The van der Waals surface area contributed by atoms with Crippen molar-refractivity contribution in [3.05, 3.63) is 135 Å². The summed E-state index contributed by atoms with van der Waals surface area (Å²) in [6, 6.07) is 30.6. The van der Waals surface area contributed by atoms with E-state index < -0.39 is 6.04 Å². The van der Waals surface area contributed by atoms with E-state index in [0.717, 1.165) is 33.6 Å². The minimum Gasteiger partial charge on any atom is -0.314 e. The van der Waals surface area contributed by atoms with Crippen molar-refractivity contribution in [1.82, 2.24) is 14.5 Å². The van der Waals surface area contributed by atoms with Crippen LogP contribution in [0.1, 0.15) is 47.5 Å². The molecular formula is C35H36N4O2. The Kier molecular flexibility index (Phi) is 8.29. The number of fused-ring (bicyclic) bond motifs is 1. The van der Waals surface area contributed by atoms with Crippen molar-refractivity contribution in [2.24, 2.45) is 0 Å². The number of para-hydroxylation sites is 1. The molecule has 0 bridgehead atoms. The lowest BCUT2D eigenvalue weighted by Crippen LogP contribution is -2.42. The predicted octanol–water partition coefficient (Wildman–Crippen LogP) is 7.54. The lowest BCUT2D eigenvalue weighted by Gasteiger charge is -2.32. The number of urea groups is 1. The monoisotopic (exact) mass is 544 g/mol. The van der Waals surface area contributed by atoms with Crippen molar-refractivity contribution in [3.8, 4) is 5.69 Å². The highest BCUT2D eigenvalue weighted by Gasteiger charge is 2.29. The first kappa shape index (κ1) is 27.8. The van der Waals surface area contributed by atoms with Crippen LogP contribution < -0.4 is 10.9 Å². The van der Waals surface area contributed by atoms with Gasteiger partial charge >= 0.3 is 6.03 Å². The number of aryl methyl sites for hydroxylation is 3. The van der Waals surface area contributed by atoms with Gasteiger partial charge in [-0.2, -0.15) is 0 Å². The first-order valence-electron chi connectivity index (χ1n) is 14.1. The SMILES string of the molecule is CCC(c1nc2ccccc2c(=O)n1-c1ccc(C)c(C)c1)N(CCc1ccccc1)C(=O)Nc1cccc(C)c1. The average Bonchev–Trinajstić information content (AvgIpc) is 2.97. The molecule has 0 aliphatic rings. The molecule has 1 N–H and O–H groups in total. The third kappa shape index (κ3) is 6.07. The van der Waals surface area contributed by atoms with Crippen LogP contribution in [-0.2, 0) is 6.42 Å². The molecule has 0 spiro atoms. The Balaban J connectivity index is 1.65. The van der Waals surface area contributed by atoms with Crippen molar-refractivity contribution >= 4 is 22.6 Å². The van der Waals surface area contributed by atoms with Crippen molar-refractivity contribution in [1.29, 1.82) is 0 Å². The second-order valence-electron chi connectivity index (χ2n) is 10.5. The second-order valence-corrected chi connectivity index (χ2v) is 10.5. The molecule has 0 aliphatic carbocycles. The first-order valence-corrected chi connectivity index (χ1v) is 14.1. The van der Waals surface area contributed by atoms with Gasteiger partial charge in [0, 0.05) is 12.2 Å². The van der Waals surface area contributed by atoms with Gasteiger partial charge in [0.25, 0.3) is 5.56 Å². The first-order chi connectivity index (χ1) is 19.9. The molecule has 0 aliphatic heterocycles. The molecule has 1 atom stereocenters. The highest BCUT2D eigenvalue weighted by atomic mass is 16.2. The number of carbonyl (C=O) groups is 1. The summed E-state index contributed by atoms with van der Waals surface area (Å²) in [5, 5.41) is 3.65. The highest BCUT2D eigenvalue weighted by molar-refractivity contribution is 5.89. The highest BCUT2D eigenvalue weighted by Crippen LogP contribution is 2.28. The smallest absolute Gasteiger partial charge is 0.314 e. The van der Waals surface area contributed by atoms with Crippen molar-refractivity contribution in [2.45, 2.75) is 46.6 Å². The predicted molar refractivity (Wildman–Crippen MR) is 167 cm³/mol. The van der Waals surface area contributed by atoms with Crippen LogP contribution in [0.4, 0.5) is 10.5 Å². The van der Waals surface area contributed by atoms with Crippen LogP contribution in [-0.4, -0.2) is 27.0 Å². The lowest BCUT2D eigenvalue weighted by molar-refractivity contribution is 0.182. The third-order valence-electron chi connectivity index (χ3n) is 7.63. The Morgan fingerprint density at radius 3 is 2.37 bits per heavy atom. The van der Waals surface area contributed by atoms with Gasteiger partial charge < -0.3 is 10.2 Å². The number of hydrogen-bond donors (Lipinski definition) is 1. The molecule has 5 aromatic rings. The number of rotatable bonds is 8. The Hall–Kier alpha value is -4.71. The van der Waals surface area contributed by atoms with Gasteiger partial charge in [0.05, 0.1) is 22.6 Å². The number of carbonyl (C=O) groups excluding carboxylic acids is 1. The quantitative estimate of drug-likeness (QED) is 0.219. The zero-order valence-corrected chi connectivity index (χ0v) is 24.1. The van der Waals surface area contributed by atoms with Crippen LogP contribution in [0.2, 0.25) is 0 Å². The van der Waals surface area contributed by atoms with E-state index in [1.165, 1.54) is 0 Å². The Morgan fingerprint density at radius 1 is 0.878 bits per heavy atom. The van der Waals surface area contributed by atoms with Gasteiger partial charge in [0.2, 0.25) is 0 Å². The summed E-state index contributed by atoms with van der Waals surface area (Å²) >= 11 is 0. The van der Waals surface area contributed by atoms with E-state index in [0.29, 0.717) is 36.1 Å². The zero-order chi connectivity index (χ0) is 28.9. The molecule has 208 valence electrons. The van der Waals surface area contributed by atoms with Crippen LogP contribution in [0.15, 0.2) is 102 Å². The van der Waals surface area contributed by atoms with Crippen molar-refractivity contribution < 1.29 is 4.79 Å². The molecule has 5 rings (SSSR count). The third-order valence-corrected chi connectivity index (χ3v) is 7.63. The maximum Gasteiger partial charge on any atom is 0.322 e. The van der Waals surface area contributed by atoms with Gasteiger partial charge in [0.15, 0.2) is 0 Å². The summed E-state index contributed by atoms with van der Waals surface area (Å²) in [6.45, 7) is 8.58. The average molecular weight is 545 g/mol. The molecule has 1 aromatic heterocycles. The van der Waals surface area contributed by atoms with E-state index >= 15 is 0 Å². The number of amides is 2. The van der Waals surface area contributed by atoms with Crippen LogP contribution in [0.25, 0.3) is 16.6 Å². The summed E-state index contributed by atoms with van der Waals surface area (Å²) in [5.41, 5.74) is 6.37. The van der Waals surface area contributed by atoms with Crippen molar-refractivity contribution in [2.75, 3.05) is 11.9 Å². The van der Waals surface area contributed by atoms with Crippen LogP contribution in [0.3, 0.4) is 0 Å². The molecular weight excluding hydrogens is 508 g/mol. The number of benzene rings is 4. The zero-order valence-electron chi connectivity index (χ0n) is 24.1. The summed E-state index contributed by atoms with van der Waals surface area (Å²) in [5.74, 6) is 0.548. The van der Waals surface area contributed by atoms with Crippen LogP contribution in [0, 0.1) is 20.8 Å². The number of aromatic nitrogens is 2. The van der Waals surface area contributed by atoms with Crippen LogP contribution >= 0.6 is 0 Å². The number of nitrogens with one attached hydrogen (secondary N) is 1. The standard InChI is InChI=1S/C35H36N4O2/c1-5-32(38(21-20-27-13-7-6-8-14-27)35(41)36-28-15-11-12-24(2)22-28)33-37-31-17-10-9-16-30(31)34(40)39(33)29-19-18-25(3)26(4)23-29/h6-19,22-23,32H,5,20-21H2,1-4H3,(H,36,41). The Labute approximate surface area is 241 Å². The van der Waals surface area contributed by atoms with E-state index in [4.69, 9.17) is 4.98 Å². The maximum atomic E-state index is 14.1. The molecule has 41 heavy (non-hydrogen) atoms. The minimum atomic E-state index is -0.456. The van der Waals surface area contributed by atoms with Gasteiger partial charge in [-0.15, -0.1) is 0 Å². The molecule has 4 aromatic carbocycles. The van der Waals surface area contributed by atoms with Crippen molar-refractivity contribution in [3.63, 3.8) is 0 Å². The summed E-state index contributed by atoms with van der Waals surface area (Å²) in [6.07, 6.45) is 1.24. The molecule has 6 nitrogen and oxygen atoms in total. The Morgan fingerprint density at radius 2 is 1.63 bits per heavy atom. The molecule has 0 saturated carbocycles. The van der Waals surface area contributed by atoms with Gasteiger partial charge in [-0.3, -0.25) is 9.36 Å². The molecule has 1 unspecified atom stereocenters. The fourth-order valence-electron chi connectivity index (χ4n) is 5.24. The van der Waals surface area contributed by atoms with Gasteiger partial charge in [-0.1, -0.05) is 67.6 Å². The van der Waals surface area contributed by atoms with Gasteiger partial charge in [-0.25, -0.2) is 9.78 Å². The van der Waals surface area contributed by atoms with Gasteiger partial charge in [0.1, 0.15) is 5.82 Å². The fraction of sp³-hybridized carbons (Fsp3) is 0.229. The second kappa shape index (κ2) is 12.2. The molecule has 1 heterocycles. The fourth-order valence-corrected chi connectivity index (χ4v) is 5.24. The molecule has 0 saturated heterocycles. The maximum absolute atomic E-state index is 14.1. The molecule has 2 amide bonds. The molecule has 0 radical (unpaired) electrons. The number of hydrogen-bond acceptors (Lipinski definition) is 3. The van der Waals surface area contributed by atoms with Crippen LogP contribution in [0.5, 0.6) is 0 Å². The van der Waals surface area contributed by atoms with E-state index in [1.807, 2.05) is 111 Å². The summed E-state index contributed by atoms with van der Waals surface area (Å²) in [4.78, 5) is 35.0. The van der Waals surface area contributed by atoms with E-state index in [-0.39, 0.29) is 11.6 Å². The minimum absolute atomic E-state index is 0.144.